The van der Waals surface area contributed by atoms with Gasteiger partial charge in [0.05, 0.1) is 17.6 Å². The summed E-state index contributed by atoms with van der Waals surface area (Å²) in [6, 6.07) is 24.0. The number of benzene rings is 2. The van der Waals surface area contributed by atoms with Crippen molar-refractivity contribution in [1.29, 1.82) is 0 Å². The average molecular weight is 353 g/mol. The topological polar surface area (TPSA) is 46.3 Å². The van der Waals surface area contributed by atoms with Gasteiger partial charge in [0.25, 0.3) is 0 Å². The lowest BCUT2D eigenvalue weighted by atomic mass is 10.1. The first-order valence-corrected chi connectivity index (χ1v) is 8.69. The molecule has 2 aromatic carbocycles. The van der Waals surface area contributed by atoms with Crippen LogP contribution in [-0.2, 0) is 0 Å². The maximum Gasteiger partial charge on any atom is 0.103 e. The van der Waals surface area contributed by atoms with Crippen molar-refractivity contribution in [2.45, 2.75) is 0 Å². The second-order valence-electron chi connectivity index (χ2n) is 6.06. The SMILES string of the molecule is CN(/N=C/c1cn(-c2ccccc2)nc1-c1cccnc1)c1ccccc1. The highest BCUT2D eigenvalue weighted by atomic mass is 15.4. The van der Waals surface area contributed by atoms with Crippen LogP contribution >= 0.6 is 0 Å². The number of hydrogen-bond donors (Lipinski definition) is 0. The number of pyridine rings is 1. The summed E-state index contributed by atoms with van der Waals surface area (Å²) in [5.74, 6) is 0. The van der Waals surface area contributed by atoms with E-state index in [2.05, 4.69) is 10.1 Å². The highest BCUT2D eigenvalue weighted by Crippen LogP contribution is 2.22. The van der Waals surface area contributed by atoms with Gasteiger partial charge in [-0.15, -0.1) is 0 Å². The fraction of sp³-hybridized carbons (Fsp3) is 0.0455. The predicted molar refractivity (Wildman–Crippen MR) is 109 cm³/mol. The van der Waals surface area contributed by atoms with Gasteiger partial charge in [-0.2, -0.15) is 10.2 Å². The van der Waals surface area contributed by atoms with Crippen LogP contribution in [0.5, 0.6) is 0 Å². The van der Waals surface area contributed by atoms with E-state index in [-0.39, 0.29) is 0 Å². The lowest BCUT2D eigenvalue weighted by Gasteiger charge is -2.11. The fourth-order valence-corrected chi connectivity index (χ4v) is 2.78. The Kier molecular flexibility index (Phi) is 4.74. The molecule has 0 N–H and O–H groups in total. The van der Waals surface area contributed by atoms with Crippen LogP contribution in [0.2, 0.25) is 0 Å². The van der Waals surface area contributed by atoms with Gasteiger partial charge in [0.15, 0.2) is 0 Å². The van der Waals surface area contributed by atoms with Crippen LogP contribution in [0.4, 0.5) is 5.69 Å². The van der Waals surface area contributed by atoms with Gasteiger partial charge in [-0.1, -0.05) is 36.4 Å². The van der Waals surface area contributed by atoms with E-state index >= 15 is 0 Å². The van der Waals surface area contributed by atoms with Crippen molar-refractivity contribution in [2.75, 3.05) is 12.1 Å². The summed E-state index contributed by atoms with van der Waals surface area (Å²) in [6.45, 7) is 0. The van der Waals surface area contributed by atoms with Crippen LogP contribution in [0.1, 0.15) is 5.56 Å². The normalized spacial score (nSPS) is 11.0. The molecular weight excluding hydrogens is 334 g/mol. The van der Waals surface area contributed by atoms with Gasteiger partial charge in [0.2, 0.25) is 0 Å². The molecule has 0 atom stereocenters. The van der Waals surface area contributed by atoms with Crippen LogP contribution in [0.3, 0.4) is 0 Å². The lowest BCUT2D eigenvalue weighted by Crippen LogP contribution is -2.08. The minimum Gasteiger partial charge on any atom is -0.269 e. The van der Waals surface area contributed by atoms with Gasteiger partial charge in [0.1, 0.15) is 5.69 Å². The first-order chi connectivity index (χ1) is 13.3. The van der Waals surface area contributed by atoms with E-state index in [4.69, 9.17) is 5.10 Å². The Morgan fingerprint density at radius 1 is 0.926 bits per heavy atom. The van der Waals surface area contributed by atoms with Gasteiger partial charge < -0.3 is 0 Å². The van der Waals surface area contributed by atoms with Gasteiger partial charge in [-0.25, -0.2) is 4.68 Å². The number of nitrogens with zero attached hydrogens (tertiary/aromatic N) is 5. The third kappa shape index (κ3) is 3.77. The third-order valence-corrected chi connectivity index (χ3v) is 4.20. The number of aromatic nitrogens is 3. The molecule has 0 spiro atoms. The Morgan fingerprint density at radius 3 is 2.37 bits per heavy atom. The Labute approximate surface area is 158 Å². The summed E-state index contributed by atoms with van der Waals surface area (Å²) in [5.41, 5.74) is 4.74. The minimum absolute atomic E-state index is 0.845. The Hall–Kier alpha value is -3.73. The van der Waals surface area contributed by atoms with Crippen molar-refractivity contribution in [1.82, 2.24) is 14.8 Å². The van der Waals surface area contributed by atoms with Crippen LogP contribution in [-0.4, -0.2) is 28.0 Å². The summed E-state index contributed by atoms with van der Waals surface area (Å²) < 4.78 is 1.87. The largest absolute Gasteiger partial charge is 0.269 e. The second-order valence-corrected chi connectivity index (χ2v) is 6.06. The van der Waals surface area contributed by atoms with Crippen molar-refractivity contribution in [3.05, 3.63) is 97.0 Å². The van der Waals surface area contributed by atoms with Crippen molar-refractivity contribution in [3.8, 4) is 16.9 Å². The van der Waals surface area contributed by atoms with E-state index in [1.165, 1.54) is 0 Å². The predicted octanol–water partition coefficient (Wildman–Crippen LogP) is 4.40. The summed E-state index contributed by atoms with van der Waals surface area (Å²) in [7, 11) is 1.93. The van der Waals surface area contributed by atoms with Crippen LogP contribution in [0, 0.1) is 0 Å². The second kappa shape index (κ2) is 7.66. The monoisotopic (exact) mass is 353 g/mol. The smallest absolute Gasteiger partial charge is 0.103 e. The van der Waals surface area contributed by atoms with Gasteiger partial charge in [-0.05, 0) is 36.4 Å². The number of rotatable bonds is 5. The minimum atomic E-state index is 0.845. The first kappa shape index (κ1) is 16.7. The summed E-state index contributed by atoms with van der Waals surface area (Å²) in [6.07, 6.45) is 7.40. The molecule has 0 radical (unpaired) electrons. The molecule has 27 heavy (non-hydrogen) atoms. The Balaban J connectivity index is 1.72. The van der Waals surface area contributed by atoms with Gasteiger partial charge >= 0.3 is 0 Å². The Morgan fingerprint density at radius 2 is 1.67 bits per heavy atom. The van der Waals surface area contributed by atoms with Gasteiger partial charge in [0, 0.05) is 36.8 Å². The molecule has 0 saturated carbocycles. The zero-order valence-electron chi connectivity index (χ0n) is 15.0. The third-order valence-electron chi connectivity index (χ3n) is 4.20. The molecule has 0 aliphatic rings. The molecule has 0 aliphatic carbocycles. The van der Waals surface area contributed by atoms with E-state index < -0.39 is 0 Å². The molecule has 4 rings (SSSR count). The molecular formula is C22H19N5. The molecule has 132 valence electrons. The number of anilines is 1. The molecule has 5 nitrogen and oxygen atoms in total. The van der Waals surface area contributed by atoms with Crippen LogP contribution in [0.15, 0.2) is 96.5 Å². The maximum absolute atomic E-state index is 4.77. The molecule has 0 unspecified atom stereocenters. The molecule has 5 heteroatoms. The van der Waals surface area contributed by atoms with Crippen molar-refractivity contribution in [2.24, 2.45) is 5.10 Å². The summed E-state index contributed by atoms with van der Waals surface area (Å²) >= 11 is 0. The summed E-state index contributed by atoms with van der Waals surface area (Å²) in [4.78, 5) is 4.22. The number of hydrogen-bond acceptors (Lipinski definition) is 4. The van der Waals surface area contributed by atoms with E-state index in [1.807, 2.05) is 108 Å². The fourth-order valence-electron chi connectivity index (χ4n) is 2.78. The van der Waals surface area contributed by atoms with Gasteiger partial charge in [-0.3, -0.25) is 9.99 Å². The highest BCUT2D eigenvalue weighted by Gasteiger charge is 2.11. The van der Waals surface area contributed by atoms with Crippen molar-refractivity contribution in [3.63, 3.8) is 0 Å². The van der Waals surface area contributed by atoms with Crippen molar-refractivity contribution < 1.29 is 0 Å². The van der Waals surface area contributed by atoms with E-state index in [0.29, 0.717) is 0 Å². The molecule has 0 saturated heterocycles. The van der Waals surface area contributed by atoms with Crippen LogP contribution in [0.25, 0.3) is 16.9 Å². The van der Waals surface area contributed by atoms with E-state index in [0.717, 1.165) is 28.2 Å². The summed E-state index contributed by atoms with van der Waals surface area (Å²) in [5, 5.41) is 11.2. The Bertz CT molecular complexity index is 1020. The average Bonchev–Trinajstić information content (AvgIpc) is 3.18. The first-order valence-electron chi connectivity index (χ1n) is 8.69. The van der Waals surface area contributed by atoms with Crippen molar-refractivity contribution >= 4 is 11.9 Å². The molecule has 0 aliphatic heterocycles. The lowest BCUT2D eigenvalue weighted by molar-refractivity contribution is 0.884. The van der Waals surface area contributed by atoms with E-state index in [9.17, 15) is 0 Å². The zero-order valence-corrected chi connectivity index (χ0v) is 15.0. The molecule has 4 aromatic rings. The van der Waals surface area contributed by atoms with Crippen LogP contribution < -0.4 is 5.01 Å². The maximum atomic E-state index is 4.77. The molecule has 2 heterocycles. The quantitative estimate of drug-likeness (QED) is 0.394. The highest BCUT2D eigenvalue weighted by molar-refractivity contribution is 5.89. The standard InChI is InChI=1S/C22H19N5/c1-26(20-10-4-2-5-11-20)24-16-19-17-27(21-12-6-3-7-13-21)25-22(19)18-9-8-14-23-15-18/h2-17H,1H3/b24-16+. The zero-order chi connectivity index (χ0) is 18.5. The number of hydrazone groups is 1. The molecule has 2 aromatic heterocycles. The molecule has 0 fully saturated rings. The molecule has 0 bridgehead atoms. The number of para-hydroxylation sites is 2. The molecule has 0 amide bonds. The van der Waals surface area contributed by atoms with E-state index in [1.54, 1.807) is 6.20 Å².